The van der Waals surface area contributed by atoms with Crippen LogP contribution in [0.2, 0.25) is 0 Å². The second-order valence-electron chi connectivity index (χ2n) is 6.15. The highest BCUT2D eigenvalue weighted by Gasteiger charge is 2.10. The first-order valence-electron chi connectivity index (χ1n) is 9.31. The van der Waals surface area contributed by atoms with Gasteiger partial charge in [0, 0.05) is 49.6 Å². The van der Waals surface area contributed by atoms with Crippen LogP contribution < -0.4 is 15.5 Å². The molecule has 0 aliphatic heterocycles. The van der Waals surface area contributed by atoms with Crippen LogP contribution in [0.15, 0.2) is 61.1 Å². The average Bonchev–Trinajstić information content (AvgIpc) is 2.75. The van der Waals surface area contributed by atoms with Crippen molar-refractivity contribution in [2.75, 3.05) is 28.6 Å². The minimum Gasteiger partial charge on any atom is -0.372 e. The van der Waals surface area contributed by atoms with Crippen molar-refractivity contribution in [3.05, 3.63) is 72.3 Å². The van der Waals surface area contributed by atoms with Crippen molar-refractivity contribution in [3.63, 3.8) is 0 Å². The van der Waals surface area contributed by atoms with Gasteiger partial charge in [0.25, 0.3) is 5.91 Å². The van der Waals surface area contributed by atoms with E-state index in [1.165, 1.54) is 0 Å². The molecule has 2 N–H and O–H groups in total. The minimum atomic E-state index is -0.273. The van der Waals surface area contributed by atoms with Gasteiger partial charge in [0.15, 0.2) is 0 Å². The van der Waals surface area contributed by atoms with Crippen LogP contribution in [-0.4, -0.2) is 33.9 Å². The Bertz CT molecular complexity index is 894. The Labute approximate surface area is 164 Å². The SMILES string of the molecule is CCN(CC)c1ccc(NC(=O)c2ccnc(NCc3ccncc3)n2)cc1. The summed E-state index contributed by atoms with van der Waals surface area (Å²) in [4.78, 5) is 27.2. The topological polar surface area (TPSA) is 83.0 Å². The number of rotatable bonds is 8. The Morgan fingerprint density at radius 3 is 2.36 bits per heavy atom. The Balaban J connectivity index is 1.62. The van der Waals surface area contributed by atoms with Gasteiger partial charge < -0.3 is 15.5 Å². The normalized spacial score (nSPS) is 10.4. The van der Waals surface area contributed by atoms with Gasteiger partial charge in [-0.15, -0.1) is 0 Å². The molecule has 2 heterocycles. The Morgan fingerprint density at radius 1 is 0.964 bits per heavy atom. The molecular weight excluding hydrogens is 352 g/mol. The van der Waals surface area contributed by atoms with Crippen molar-refractivity contribution in [2.24, 2.45) is 0 Å². The van der Waals surface area contributed by atoms with E-state index in [2.05, 4.69) is 44.3 Å². The Morgan fingerprint density at radius 2 is 1.68 bits per heavy atom. The fourth-order valence-corrected chi connectivity index (χ4v) is 2.79. The van der Waals surface area contributed by atoms with E-state index in [-0.39, 0.29) is 5.91 Å². The third-order valence-corrected chi connectivity index (χ3v) is 4.34. The molecule has 1 amide bonds. The highest BCUT2D eigenvalue weighted by atomic mass is 16.1. The van der Waals surface area contributed by atoms with Gasteiger partial charge >= 0.3 is 0 Å². The fourth-order valence-electron chi connectivity index (χ4n) is 2.79. The molecule has 0 unspecified atom stereocenters. The molecule has 28 heavy (non-hydrogen) atoms. The first-order chi connectivity index (χ1) is 13.7. The van der Waals surface area contributed by atoms with Gasteiger partial charge in [-0.05, 0) is 61.9 Å². The molecule has 0 bridgehead atoms. The zero-order chi connectivity index (χ0) is 19.8. The fraction of sp³-hybridized carbons (Fsp3) is 0.238. The lowest BCUT2D eigenvalue weighted by Gasteiger charge is -2.21. The van der Waals surface area contributed by atoms with Crippen LogP contribution in [-0.2, 0) is 6.54 Å². The summed E-state index contributed by atoms with van der Waals surface area (Å²) in [6.07, 6.45) is 5.03. The van der Waals surface area contributed by atoms with E-state index in [9.17, 15) is 4.79 Å². The summed E-state index contributed by atoms with van der Waals surface area (Å²) in [6.45, 7) is 6.68. The number of hydrogen-bond acceptors (Lipinski definition) is 6. The summed E-state index contributed by atoms with van der Waals surface area (Å²) in [5.74, 6) is 0.131. The van der Waals surface area contributed by atoms with Crippen LogP contribution in [0.1, 0.15) is 29.9 Å². The quantitative estimate of drug-likeness (QED) is 0.625. The van der Waals surface area contributed by atoms with E-state index in [0.717, 1.165) is 30.0 Å². The third-order valence-electron chi connectivity index (χ3n) is 4.34. The maximum atomic E-state index is 12.5. The van der Waals surface area contributed by atoms with E-state index in [0.29, 0.717) is 18.2 Å². The molecule has 0 saturated carbocycles. The maximum Gasteiger partial charge on any atom is 0.274 e. The number of pyridine rings is 1. The first kappa shape index (κ1) is 19.3. The van der Waals surface area contributed by atoms with Crippen molar-refractivity contribution in [1.29, 1.82) is 0 Å². The number of carbonyl (C=O) groups excluding carboxylic acids is 1. The summed E-state index contributed by atoms with van der Waals surface area (Å²) in [7, 11) is 0. The molecule has 0 fully saturated rings. The predicted octanol–water partition coefficient (Wildman–Crippen LogP) is 3.58. The molecule has 7 nitrogen and oxygen atoms in total. The number of aromatic nitrogens is 3. The molecule has 2 aromatic heterocycles. The van der Waals surface area contributed by atoms with Gasteiger partial charge in [-0.1, -0.05) is 0 Å². The van der Waals surface area contributed by atoms with Crippen LogP contribution >= 0.6 is 0 Å². The monoisotopic (exact) mass is 376 g/mol. The van der Waals surface area contributed by atoms with Crippen LogP contribution in [0.4, 0.5) is 17.3 Å². The van der Waals surface area contributed by atoms with E-state index < -0.39 is 0 Å². The lowest BCUT2D eigenvalue weighted by molar-refractivity contribution is 0.102. The second-order valence-corrected chi connectivity index (χ2v) is 6.15. The minimum absolute atomic E-state index is 0.273. The van der Waals surface area contributed by atoms with E-state index in [4.69, 9.17) is 0 Å². The van der Waals surface area contributed by atoms with Crippen LogP contribution in [0.25, 0.3) is 0 Å². The van der Waals surface area contributed by atoms with Crippen molar-refractivity contribution < 1.29 is 4.79 Å². The van der Waals surface area contributed by atoms with Gasteiger partial charge in [0.05, 0.1) is 0 Å². The summed E-state index contributed by atoms with van der Waals surface area (Å²) in [6, 6.07) is 13.2. The molecule has 7 heteroatoms. The number of nitrogens with zero attached hydrogens (tertiary/aromatic N) is 4. The smallest absolute Gasteiger partial charge is 0.274 e. The van der Waals surface area contributed by atoms with Crippen LogP contribution in [0, 0.1) is 0 Å². The first-order valence-corrected chi connectivity index (χ1v) is 9.31. The highest BCUT2D eigenvalue weighted by Crippen LogP contribution is 2.18. The Kier molecular flexibility index (Phi) is 6.51. The van der Waals surface area contributed by atoms with Crippen molar-refractivity contribution in [3.8, 4) is 0 Å². The zero-order valence-electron chi connectivity index (χ0n) is 16.1. The molecule has 0 radical (unpaired) electrons. The van der Waals surface area contributed by atoms with Gasteiger partial charge in [-0.2, -0.15) is 0 Å². The number of amides is 1. The van der Waals surface area contributed by atoms with Crippen molar-refractivity contribution in [1.82, 2.24) is 15.0 Å². The third kappa shape index (κ3) is 5.03. The number of carbonyl (C=O) groups is 1. The average molecular weight is 376 g/mol. The summed E-state index contributed by atoms with van der Waals surface area (Å²) in [5.41, 5.74) is 3.22. The predicted molar refractivity (Wildman–Crippen MR) is 112 cm³/mol. The summed E-state index contributed by atoms with van der Waals surface area (Å²) >= 11 is 0. The number of nitrogens with one attached hydrogen (secondary N) is 2. The van der Waals surface area contributed by atoms with Gasteiger partial charge in [0.2, 0.25) is 5.95 Å². The largest absolute Gasteiger partial charge is 0.372 e. The summed E-state index contributed by atoms with van der Waals surface area (Å²) < 4.78 is 0. The molecular formula is C21H24N6O. The van der Waals surface area contributed by atoms with Gasteiger partial charge in [-0.3, -0.25) is 9.78 Å². The molecule has 0 saturated heterocycles. The van der Waals surface area contributed by atoms with Crippen LogP contribution in [0.5, 0.6) is 0 Å². The van der Waals surface area contributed by atoms with Crippen molar-refractivity contribution >= 4 is 23.2 Å². The second kappa shape index (κ2) is 9.45. The standard InChI is InChI=1S/C21H24N6O/c1-3-27(4-2)18-7-5-17(6-8-18)25-20(28)19-11-14-23-21(26-19)24-15-16-9-12-22-13-10-16/h5-14H,3-4,15H2,1-2H3,(H,25,28)(H,23,24,26). The van der Waals surface area contributed by atoms with Crippen LogP contribution in [0.3, 0.4) is 0 Å². The molecule has 0 aliphatic carbocycles. The lowest BCUT2D eigenvalue weighted by Crippen LogP contribution is -2.21. The van der Waals surface area contributed by atoms with Crippen molar-refractivity contribution in [2.45, 2.75) is 20.4 Å². The van der Waals surface area contributed by atoms with E-state index in [1.54, 1.807) is 24.7 Å². The molecule has 0 atom stereocenters. The zero-order valence-corrected chi connectivity index (χ0v) is 16.1. The highest BCUT2D eigenvalue weighted by molar-refractivity contribution is 6.03. The van der Waals surface area contributed by atoms with E-state index in [1.807, 2.05) is 36.4 Å². The number of anilines is 3. The molecule has 1 aromatic carbocycles. The molecule has 3 rings (SSSR count). The summed E-state index contributed by atoms with van der Waals surface area (Å²) in [5, 5.41) is 5.99. The molecule has 0 spiro atoms. The lowest BCUT2D eigenvalue weighted by atomic mass is 10.2. The molecule has 3 aromatic rings. The van der Waals surface area contributed by atoms with Gasteiger partial charge in [0.1, 0.15) is 5.69 Å². The Hall–Kier alpha value is -3.48. The molecule has 144 valence electrons. The van der Waals surface area contributed by atoms with Gasteiger partial charge in [-0.25, -0.2) is 9.97 Å². The van der Waals surface area contributed by atoms with E-state index >= 15 is 0 Å². The molecule has 0 aliphatic rings. The number of benzene rings is 1. The number of hydrogen-bond donors (Lipinski definition) is 2. The maximum absolute atomic E-state index is 12.5.